The number of fused-ring (bicyclic) bond motifs is 3. The van der Waals surface area contributed by atoms with Crippen LogP contribution in [0.3, 0.4) is 0 Å². The maximum Gasteiger partial charge on any atom is 0.101 e. The minimum atomic E-state index is 0.307. The van der Waals surface area contributed by atoms with Gasteiger partial charge in [-0.1, -0.05) is 15.9 Å². The average Bonchev–Trinajstić information content (AvgIpc) is 3.11. The molecule has 1 atom stereocenters. The molecule has 1 unspecified atom stereocenters. The number of aromatic amines is 1. The lowest BCUT2D eigenvalue weighted by Crippen LogP contribution is -2.15. The Kier molecular flexibility index (Phi) is 2.90. The summed E-state index contributed by atoms with van der Waals surface area (Å²) in [6.45, 7) is 0. The number of nitrogens with one attached hydrogen (secondary N) is 1. The van der Waals surface area contributed by atoms with Gasteiger partial charge in [0.25, 0.3) is 0 Å². The van der Waals surface area contributed by atoms with Gasteiger partial charge in [-0.05, 0) is 49.1 Å². The summed E-state index contributed by atoms with van der Waals surface area (Å²) in [6, 6.07) is 10.8. The number of aromatic nitrogens is 2. The van der Waals surface area contributed by atoms with Gasteiger partial charge in [0.2, 0.25) is 0 Å². The molecule has 1 aliphatic carbocycles. The molecule has 4 rings (SSSR count). The van der Waals surface area contributed by atoms with Crippen molar-refractivity contribution in [3.05, 3.63) is 58.0 Å². The van der Waals surface area contributed by atoms with Gasteiger partial charge in [-0.3, -0.25) is 0 Å². The van der Waals surface area contributed by atoms with Crippen molar-refractivity contribution in [2.45, 2.75) is 25.3 Å². The highest BCUT2D eigenvalue weighted by atomic mass is 79.9. The summed E-state index contributed by atoms with van der Waals surface area (Å²) in [4.78, 5) is 3.59. The number of nitrogens with zero attached hydrogens (tertiary/aromatic N) is 2. The fraction of sp³-hybridized carbons (Fsp3) is 0.235. The highest BCUT2D eigenvalue weighted by Gasteiger charge is 2.25. The van der Waals surface area contributed by atoms with E-state index in [4.69, 9.17) is 5.26 Å². The number of benzene rings is 1. The van der Waals surface area contributed by atoms with Crippen LogP contribution in [-0.2, 0) is 6.42 Å². The molecule has 0 fully saturated rings. The third kappa shape index (κ3) is 2.00. The molecular formula is C17H14BrN3. The normalized spacial score (nSPS) is 17.6. The number of aryl methyl sites for hydroxylation is 1. The first kappa shape index (κ1) is 12.7. The third-order valence-corrected chi connectivity index (χ3v) is 4.84. The van der Waals surface area contributed by atoms with E-state index < -0.39 is 0 Å². The maximum absolute atomic E-state index is 9.01. The fourth-order valence-corrected chi connectivity index (χ4v) is 3.74. The molecule has 21 heavy (non-hydrogen) atoms. The molecule has 0 spiro atoms. The van der Waals surface area contributed by atoms with Crippen molar-refractivity contribution in [3.8, 4) is 6.07 Å². The molecular weight excluding hydrogens is 326 g/mol. The molecule has 0 aliphatic heterocycles. The van der Waals surface area contributed by atoms with Crippen LogP contribution < -0.4 is 0 Å². The minimum Gasteiger partial charge on any atom is -0.356 e. The quantitative estimate of drug-likeness (QED) is 0.695. The van der Waals surface area contributed by atoms with E-state index in [0.717, 1.165) is 22.9 Å². The van der Waals surface area contributed by atoms with Crippen molar-refractivity contribution < 1.29 is 0 Å². The van der Waals surface area contributed by atoms with Crippen molar-refractivity contribution in [3.63, 3.8) is 0 Å². The van der Waals surface area contributed by atoms with Crippen LogP contribution in [0.1, 0.15) is 35.7 Å². The van der Waals surface area contributed by atoms with Gasteiger partial charge in [-0.25, -0.2) is 0 Å². The van der Waals surface area contributed by atoms with Crippen LogP contribution in [0, 0.1) is 11.3 Å². The van der Waals surface area contributed by atoms with Crippen molar-refractivity contribution in [2.75, 3.05) is 0 Å². The zero-order valence-electron chi connectivity index (χ0n) is 11.4. The topological polar surface area (TPSA) is 44.5 Å². The second-order valence-electron chi connectivity index (χ2n) is 5.57. The monoisotopic (exact) mass is 339 g/mol. The lowest BCUT2D eigenvalue weighted by molar-refractivity contribution is 0.484. The van der Waals surface area contributed by atoms with Crippen molar-refractivity contribution in [2.24, 2.45) is 0 Å². The van der Waals surface area contributed by atoms with Crippen LogP contribution in [0.2, 0.25) is 0 Å². The molecule has 1 aliphatic rings. The predicted molar refractivity (Wildman–Crippen MR) is 86.2 cm³/mol. The van der Waals surface area contributed by atoms with Gasteiger partial charge in [-0.2, -0.15) is 5.26 Å². The molecule has 4 heteroatoms. The van der Waals surface area contributed by atoms with Crippen LogP contribution in [-0.4, -0.2) is 9.55 Å². The predicted octanol–water partition coefficient (Wildman–Crippen LogP) is 4.53. The van der Waals surface area contributed by atoms with Crippen LogP contribution >= 0.6 is 15.9 Å². The molecule has 0 saturated carbocycles. The zero-order chi connectivity index (χ0) is 14.4. The average molecular weight is 340 g/mol. The van der Waals surface area contributed by atoms with Crippen molar-refractivity contribution >= 4 is 26.8 Å². The van der Waals surface area contributed by atoms with Gasteiger partial charge in [-0.15, -0.1) is 0 Å². The second-order valence-corrected chi connectivity index (χ2v) is 6.49. The highest BCUT2D eigenvalue weighted by molar-refractivity contribution is 9.10. The Morgan fingerprint density at radius 1 is 1.33 bits per heavy atom. The van der Waals surface area contributed by atoms with E-state index in [0.29, 0.717) is 6.04 Å². The van der Waals surface area contributed by atoms with E-state index in [9.17, 15) is 0 Å². The van der Waals surface area contributed by atoms with Gasteiger partial charge in [0.1, 0.15) is 6.07 Å². The first-order valence-corrected chi connectivity index (χ1v) is 7.93. The Bertz CT molecular complexity index is 866. The highest BCUT2D eigenvalue weighted by Crippen LogP contribution is 2.37. The lowest BCUT2D eigenvalue weighted by atomic mass is 9.91. The number of halogens is 1. The summed E-state index contributed by atoms with van der Waals surface area (Å²) in [5.74, 6) is 0. The number of hydrogen-bond donors (Lipinski definition) is 1. The molecule has 2 heterocycles. The molecule has 1 aromatic carbocycles. The summed E-state index contributed by atoms with van der Waals surface area (Å²) < 4.78 is 3.28. The van der Waals surface area contributed by atoms with E-state index in [2.05, 4.69) is 49.7 Å². The Morgan fingerprint density at radius 2 is 2.24 bits per heavy atom. The molecule has 0 saturated heterocycles. The molecule has 3 aromatic rings. The Morgan fingerprint density at radius 3 is 3.05 bits per heavy atom. The van der Waals surface area contributed by atoms with Crippen LogP contribution in [0.5, 0.6) is 0 Å². The van der Waals surface area contributed by atoms with E-state index in [1.54, 1.807) is 0 Å². The second kappa shape index (κ2) is 4.78. The number of nitriles is 1. The minimum absolute atomic E-state index is 0.307. The molecule has 2 aromatic heterocycles. The number of rotatable bonds is 1. The van der Waals surface area contributed by atoms with E-state index >= 15 is 0 Å². The zero-order valence-corrected chi connectivity index (χ0v) is 13.0. The number of hydrogen-bond acceptors (Lipinski definition) is 1. The first-order chi connectivity index (χ1) is 10.3. The first-order valence-electron chi connectivity index (χ1n) is 7.14. The van der Waals surface area contributed by atoms with E-state index in [-0.39, 0.29) is 0 Å². The maximum atomic E-state index is 9.01. The molecule has 0 bridgehead atoms. The molecule has 3 nitrogen and oxygen atoms in total. The molecule has 1 N–H and O–H groups in total. The largest absolute Gasteiger partial charge is 0.356 e. The smallest absolute Gasteiger partial charge is 0.101 e. The molecule has 0 radical (unpaired) electrons. The fourth-order valence-electron chi connectivity index (χ4n) is 3.38. The van der Waals surface area contributed by atoms with Crippen LogP contribution in [0.4, 0.5) is 0 Å². The van der Waals surface area contributed by atoms with Gasteiger partial charge in [0, 0.05) is 33.5 Å². The Balaban J connectivity index is 1.88. The lowest BCUT2D eigenvalue weighted by Gasteiger charge is -2.24. The molecule has 0 amide bonds. The summed E-state index contributed by atoms with van der Waals surface area (Å²) in [5, 5.41) is 10.3. The summed E-state index contributed by atoms with van der Waals surface area (Å²) in [6.07, 6.45) is 7.37. The summed E-state index contributed by atoms with van der Waals surface area (Å²) in [7, 11) is 0. The van der Waals surface area contributed by atoms with Crippen LogP contribution in [0.15, 0.2) is 41.1 Å². The van der Waals surface area contributed by atoms with Crippen molar-refractivity contribution in [1.82, 2.24) is 9.55 Å². The molecule has 104 valence electrons. The summed E-state index contributed by atoms with van der Waals surface area (Å²) >= 11 is 3.56. The standard InChI is InChI=1S/C17H14BrN3/c18-12-4-5-15-14(8-12)13-2-1-3-16(17(13)20-15)21-7-6-11(9-19)10-21/h4-8,10,16,20H,1-3H2. The number of H-pyrrole nitrogens is 1. The van der Waals surface area contributed by atoms with Gasteiger partial charge in [0.15, 0.2) is 0 Å². The Hall–Kier alpha value is -1.99. The van der Waals surface area contributed by atoms with Crippen molar-refractivity contribution in [1.29, 1.82) is 5.26 Å². The van der Waals surface area contributed by atoms with Crippen LogP contribution in [0.25, 0.3) is 10.9 Å². The van der Waals surface area contributed by atoms with Gasteiger partial charge >= 0.3 is 0 Å². The third-order valence-electron chi connectivity index (χ3n) is 4.34. The SMILES string of the molecule is N#Cc1ccn(C2CCCc3c2[nH]c2ccc(Br)cc32)c1. The van der Waals surface area contributed by atoms with E-state index in [1.807, 2.05) is 18.5 Å². The Labute approximate surface area is 131 Å². The van der Waals surface area contributed by atoms with E-state index in [1.165, 1.54) is 28.6 Å². The van der Waals surface area contributed by atoms with Gasteiger partial charge in [0.05, 0.1) is 11.6 Å². The summed E-state index contributed by atoms with van der Waals surface area (Å²) in [5.41, 5.74) is 4.65. The van der Waals surface area contributed by atoms with Gasteiger partial charge < -0.3 is 9.55 Å².